The summed E-state index contributed by atoms with van der Waals surface area (Å²) in [6.07, 6.45) is 2.07. The highest BCUT2D eigenvalue weighted by Crippen LogP contribution is 2.19. The van der Waals surface area contributed by atoms with E-state index in [1.807, 2.05) is 6.07 Å². The van der Waals surface area contributed by atoms with E-state index in [1.165, 1.54) is 5.56 Å². The number of hydrogen-bond donors (Lipinski definition) is 1. The van der Waals surface area contributed by atoms with Crippen molar-refractivity contribution in [2.45, 2.75) is 12.8 Å². The Hall–Kier alpha value is -1.38. The maximum atomic E-state index is 10.6. The highest BCUT2D eigenvalue weighted by molar-refractivity contribution is 5.90. The van der Waals surface area contributed by atoms with Crippen LogP contribution in [0.1, 0.15) is 21.7 Å². The fraction of sp³-hybridized carbons (Fsp3) is 0.250. The van der Waals surface area contributed by atoms with Crippen LogP contribution < -0.4 is 5.73 Å². The summed E-state index contributed by atoms with van der Waals surface area (Å²) in [6, 6.07) is 3.60. The third-order valence-electron chi connectivity index (χ3n) is 1.95. The highest BCUT2D eigenvalue weighted by atomic mass is 16.1. The van der Waals surface area contributed by atoms with Crippen LogP contribution in [0.15, 0.2) is 12.1 Å². The van der Waals surface area contributed by atoms with Gasteiger partial charge in [-0.15, -0.1) is 0 Å². The molecule has 0 aromatic carbocycles. The molecule has 0 atom stereocenters. The first-order valence-electron chi connectivity index (χ1n) is 3.56. The summed E-state index contributed by atoms with van der Waals surface area (Å²) in [4.78, 5) is 14.7. The van der Waals surface area contributed by atoms with E-state index < -0.39 is 5.91 Å². The molecule has 0 spiro atoms. The summed E-state index contributed by atoms with van der Waals surface area (Å²) in [5.41, 5.74) is 7.71. The predicted octanol–water partition coefficient (Wildman–Crippen LogP) is 0.279. The lowest BCUT2D eigenvalue weighted by atomic mass is 9.94. The number of carbonyl (C=O) groups excluding carboxylic acids is 1. The molecular weight excluding hydrogens is 140 g/mol. The Bertz CT molecular complexity index is 320. The van der Waals surface area contributed by atoms with Gasteiger partial charge in [0.1, 0.15) is 5.69 Å². The second-order valence-electron chi connectivity index (χ2n) is 2.67. The Labute approximate surface area is 64.2 Å². The summed E-state index contributed by atoms with van der Waals surface area (Å²) in [6.45, 7) is 0. The quantitative estimate of drug-likeness (QED) is 0.621. The van der Waals surface area contributed by atoms with Crippen molar-refractivity contribution < 1.29 is 4.79 Å². The number of carbonyl (C=O) groups is 1. The first-order chi connectivity index (χ1) is 5.27. The van der Waals surface area contributed by atoms with Gasteiger partial charge in [-0.25, -0.2) is 4.98 Å². The molecule has 11 heavy (non-hydrogen) atoms. The molecular formula is C8H8N2O. The van der Waals surface area contributed by atoms with Gasteiger partial charge < -0.3 is 5.73 Å². The fourth-order valence-corrected chi connectivity index (χ4v) is 1.19. The van der Waals surface area contributed by atoms with Crippen molar-refractivity contribution in [1.29, 1.82) is 0 Å². The molecule has 1 aromatic heterocycles. The Kier molecular flexibility index (Phi) is 1.18. The van der Waals surface area contributed by atoms with Crippen molar-refractivity contribution in [3.8, 4) is 0 Å². The van der Waals surface area contributed by atoms with Gasteiger partial charge >= 0.3 is 0 Å². The minimum Gasteiger partial charge on any atom is -0.364 e. The monoisotopic (exact) mass is 148 g/mol. The smallest absolute Gasteiger partial charge is 0.267 e. The van der Waals surface area contributed by atoms with Crippen LogP contribution in [-0.4, -0.2) is 10.9 Å². The second kappa shape index (κ2) is 2.05. The molecule has 56 valence electrons. The molecule has 0 saturated carbocycles. The molecule has 3 nitrogen and oxygen atoms in total. The first-order valence-corrected chi connectivity index (χ1v) is 3.56. The number of aryl methyl sites for hydroxylation is 2. The molecule has 1 aliphatic carbocycles. The van der Waals surface area contributed by atoms with Gasteiger partial charge in [0, 0.05) is 5.69 Å². The van der Waals surface area contributed by atoms with Crippen LogP contribution in [0.25, 0.3) is 0 Å². The molecule has 0 fully saturated rings. The number of amides is 1. The fourth-order valence-electron chi connectivity index (χ4n) is 1.19. The molecule has 0 radical (unpaired) electrons. The van der Waals surface area contributed by atoms with Crippen LogP contribution >= 0.6 is 0 Å². The zero-order valence-corrected chi connectivity index (χ0v) is 6.00. The number of nitrogens with two attached hydrogens (primary N) is 1. The molecule has 0 aliphatic heterocycles. The summed E-state index contributed by atoms with van der Waals surface area (Å²) in [5.74, 6) is -0.445. The van der Waals surface area contributed by atoms with Gasteiger partial charge in [0.25, 0.3) is 5.91 Å². The van der Waals surface area contributed by atoms with E-state index in [9.17, 15) is 4.79 Å². The zero-order valence-electron chi connectivity index (χ0n) is 6.00. The molecule has 1 aliphatic rings. The van der Waals surface area contributed by atoms with Gasteiger partial charge in [-0.05, 0) is 24.5 Å². The second-order valence-corrected chi connectivity index (χ2v) is 2.67. The lowest BCUT2D eigenvalue weighted by molar-refractivity contribution is 0.0995. The summed E-state index contributed by atoms with van der Waals surface area (Å²) in [7, 11) is 0. The number of rotatable bonds is 1. The largest absolute Gasteiger partial charge is 0.364 e. The van der Waals surface area contributed by atoms with Crippen LogP contribution in [0.4, 0.5) is 0 Å². The van der Waals surface area contributed by atoms with E-state index in [1.54, 1.807) is 6.07 Å². The maximum absolute atomic E-state index is 10.6. The normalized spacial score (nSPS) is 13.5. The topological polar surface area (TPSA) is 56.0 Å². The number of aromatic nitrogens is 1. The molecule has 0 unspecified atom stereocenters. The average molecular weight is 148 g/mol. The minimum atomic E-state index is -0.445. The van der Waals surface area contributed by atoms with Crippen molar-refractivity contribution in [2.24, 2.45) is 5.73 Å². The number of primary amides is 1. The van der Waals surface area contributed by atoms with Gasteiger partial charge in [-0.3, -0.25) is 4.79 Å². The summed E-state index contributed by atoms with van der Waals surface area (Å²) in [5, 5.41) is 0. The Morgan fingerprint density at radius 1 is 1.45 bits per heavy atom. The van der Waals surface area contributed by atoms with Gasteiger partial charge in [-0.1, -0.05) is 6.07 Å². The lowest BCUT2D eigenvalue weighted by Gasteiger charge is -2.16. The van der Waals surface area contributed by atoms with Crippen molar-refractivity contribution >= 4 is 5.91 Å². The van der Waals surface area contributed by atoms with Gasteiger partial charge in [0.15, 0.2) is 0 Å². The first kappa shape index (κ1) is 6.34. The number of nitrogens with zero attached hydrogens (tertiary/aromatic N) is 1. The van der Waals surface area contributed by atoms with E-state index in [2.05, 4.69) is 4.98 Å². The Morgan fingerprint density at radius 3 is 2.73 bits per heavy atom. The summed E-state index contributed by atoms with van der Waals surface area (Å²) < 4.78 is 0. The van der Waals surface area contributed by atoms with Gasteiger partial charge in [-0.2, -0.15) is 0 Å². The highest BCUT2D eigenvalue weighted by Gasteiger charge is 2.15. The van der Waals surface area contributed by atoms with Gasteiger partial charge in [0.05, 0.1) is 0 Å². The van der Waals surface area contributed by atoms with Crippen molar-refractivity contribution in [3.05, 3.63) is 29.1 Å². The summed E-state index contributed by atoms with van der Waals surface area (Å²) >= 11 is 0. The average Bonchev–Trinajstić information content (AvgIpc) is 1.91. The van der Waals surface area contributed by atoms with E-state index >= 15 is 0 Å². The van der Waals surface area contributed by atoms with Crippen LogP contribution in [0.2, 0.25) is 0 Å². The maximum Gasteiger partial charge on any atom is 0.267 e. The Balaban J connectivity index is 2.46. The van der Waals surface area contributed by atoms with Crippen LogP contribution in [-0.2, 0) is 12.8 Å². The van der Waals surface area contributed by atoms with E-state index in [4.69, 9.17) is 5.73 Å². The SMILES string of the molecule is NC(=O)c1ccc2c(n1)CC2. The molecule has 2 N–H and O–H groups in total. The van der Waals surface area contributed by atoms with E-state index in [0.717, 1.165) is 18.5 Å². The molecule has 2 rings (SSSR count). The van der Waals surface area contributed by atoms with Gasteiger partial charge in [0.2, 0.25) is 0 Å². The van der Waals surface area contributed by atoms with Crippen LogP contribution in [0.3, 0.4) is 0 Å². The minimum absolute atomic E-state index is 0.378. The van der Waals surface area contributed by atoms with Crippen LogP contribution in [0.5, 0.6) is 0 Å². The Morgan fingerprint density at radius 2 is 2.27 bits per heavy atom. The third-order valence-corrected chi connectivity index (χ3v) is 1.95. The van der Waals surface area contributed by atoms with Crippen molar-refractivity contribution in [3.63, 3.8) is 0 Å². The molecule has 3 heteroatoms. The number of hydrogen-bond acceptors (Lipinski definition) is 2. The van der Waals surface area contributed by atoms with E-state index in [-0.39, 0.29) is 0 Å². The molecule has 1 heterocycles. The van der Waals surface area contributed by atoms with Crippen molar-refractivity contribution in [1.82, 2.24) is 4.98 Å². The van der Waals surface area contributed by atoms with Crippen molar-refractivity contribution in [2.75, 3.05) is 0 Å². The standard InChI is InChI=1S/C8H8N2O/c9-8(11)7-4-2-5-1-3-6(5)10-7/h2,4H,1,3H2,(H2,9,11). The number of fused-ring (bicyclic) bond motifs is 1. The lowest BCUT2D eigenvalue weighted by Crippen LogP contribution is -2.18. The molecule has 0 saturated heterocycles. The van der Waals surface area contributed by atoms with Crippen LogP contribution in [0, 0.1) is 0 Å². The molecule has 0 bridgehead atoms. The number of pyridine rings is 1. The zero-order chi connectivity index (χ0) is 7.84. The molecule has 1 aromatic rings. The predicted molar refractivity (Wildman–Crippen MR) is 40.2 cm³/mol. The third kappa shape index (κ3) is 0.888. The van der Waals surface area contributed by atoms with E-state index in [0.29, 0.717) is 5.69 Å². The molecule has 1 amide bonds.